The highest BCUT2D eigenvalue weighted by molar-refractivity contribution is 6.00. The maximum atomic E-state index is 11.6. The molecule has 0 aliphatic rings. The number of hydrogen-bond acceptors (Lipinski definition) is 3. The van der Waals surface area contributed by atoms with E-state index in [1.165, 1.54) is 13.0 Å². The summed E-state index contributed by atoms with van der Waals surface area (Å²) in [5.41, 5.74) is 1.10. The number of rotatable bonds is 5. The third kappa shape index (κ3) is 4.79. The molecule has 6 nitrogen and oxygen atoms in total. The first-order valence-electron chi connectivity index (χ1n) is 5.78. The first kappa shape index (κ1) is 14.7. The quantitative estimate of drug-likeness (QED) is 0.743. The molecule has 0 bridgehead atoms. The summed E-state index contributed by atoms with van der Waals surface area (Å²) in [7, 11) is 0. The van der Waals surface area contributed by atoms with Crippen molar-refractivity contribution in [1.29, 1.82) is 0 Å². The molecule has 0 fully saturated rings. The molecular formula is C13H16N2O4. The summed E-state index contributed by atoms with van der Waals surface area (Å²) in [5, 5.41) is 14.1. The van der Waals surface area contributed by atoms with Gasteiger partial charge < -0.3 is 15.7 Å². The lowest BCUT2D eigenvalue weighted by Crippen LogP contribution is -2.25. The van der Waals surface area contributed by atoms with Crippen molar-refractivity contribution in [3.05, 3.63) is 29.3 Å². The molecule has 1 aromatic rings. The average molecular weight is 264 g/mol. The molecule has 3 N–H and O–H groups in total. The summed E-state index contributed by atoms with van der Waals surface area (Å²) in [5.74, 6) is -1.66. The van der Waals surface area contributed by atoms with Crippen molar-refractivity contribution in [3.8, 4) is 0 Å². The zero-order valence-electron chi connectivity index (χ0n) is 10.8. The molecule has 2 amide bonds. The zero-order chi connectivity index (χ0) is 14.4. The maximum absolute atomic E-state index is 11.6. The van der Waals surface area contributed by atoms with Crippen molar-refractivity contribution >= 4 is 23.5 Å². The molecule has 0 aliphatic carbocycles. The van der Waals surface area contributed by atoms with Gasteiger partial charge in [0.1, 0.15) is 0 Å². The van der Waals surface area contributed by atoms with E-state index in [-0.39, 0.29) is 36.0 Å². The second-order valence-electron chi connectivity index (χ2n) is 4.14. The van der Waals surface area contributed by atoms with Gasteiger partial charge in [0.15, 0.2) is 0 Å². The van der Waals surface area contributed by atoms with Gasteiger partial charge >= 0.3 is 5.97 Å². The number of anilines is 1. The smallest absolute Gasteiger partial charge is 0.337 e. The summed E-state index contributed by atoms with van der Waals surface area (Å²) < 4.78 is 0. The van der Waals surface area contributed by atoms with Crippen LogP contribution in [0.5, 0.6) is 0 Å². The highest BCUT2D eigenvalue weighted by atomic mass is 16.4. The van der Waals surface area contributed by atoms with Crippen LogP contribution in [0.1, 0.15) is 29.3 Å². The van der Waals surface area contributed by atoms with Gasteiger partial charge in [0.2, 0.25) is 11.8 Å². The Kier molecular flexibility index (Phi) is 5.05. The van der Waals surface area contributed by atoms with E-state index in [0.717, 1.165) is 5.56 Å². The fourth-order valence-corrected chi connectivity index (χ4v) is 1.51. The Hall–Kier alpha value is -2.37. The lowest BCUT2D eigenvalue weighted by atomic mass is 10.1. The number of carbonyl (C=O) groups excluding carboxylic acids is 2. The van der Waals surface area contributed by atoms with Gasteiger partial charge in [-0.3, -0.25) is 9.59 Å². The van der Waals surface area contributed by atoms with Crippen molar-refractivity contribution in [2.75, 3.05) is 11.9 Å². The summed E-state index contributed by atoms with van der Waals surface area (Å²) >= 11 is 0. The number of amides is 2. The number of carboxylic acids is 1. The lowest BCUT2D eigenvalue weighted by Gasteiger charge is -2.09. The number of hydrogen-bond donors (Lipinski definition) is 3. The van der Waals surface area contributed by atoms with Crippen LogP contribution in [0.4, 0.5) is 5.69 Å². The second kappa shape index (κ2) is 6.53. The van der Waals surface area contributed by atoms with Gasteiger partial charge in [0, 0.05) is 19.9 Å². The van der Waals surface area contributed by atoms with E-state index in [4.69, 9.17) is 5.11 Å². The van der Waals surface area contributed by atoms with Crippen LogP contribution < -0.4 is 10.6 Å². The fourth-order valence-electron chi connectivity index (χ4n) is 1.51. The van der Waals surface area contributed by atoms with E-state index < -0.39 is 5.97 Å². The minimum absolute atomic E-state index is 0.0490. The van der Waals surface area contributed by atoms with Crippen LogP contribution in [0.2, 0.25) is 0 Å². The molecule has 0 unspecified atom stereocenters. The van der Waals surface area contributed by atoms with Gasteiger partial charge in [-0.1, -0.05) is 11.6 Å². The molecule has 19 heavy (non-hydrogen) atoms. The highest BCUT2D eigenvalue weighted by Gasteiger charge is 2.12. The van der Waals surface area contributed by atoms with Gasteiger partial charge in [0.05, 0.1) is 11.3 Å². The van der Waals surface area contributed by atoms with E-state index in [9.17, 15) is 14.4 Å². The van der Waals surface area contributed by atoms with Gasteiger partial charge in [-0.25, -0.2) is 4.79 Å². The van der Waals surface area contributed by atoms with E-state index in [1.807, 2.05) is 0 Å². The summed E-state index contributed by atoms with van der Waals surface area (Å²) in [4.78, 5) is 33.3. The third-order valence-electron chi connectivity index (χ3n) is 2.41. The Morgan fingerprint density at radius 2 is 1.95 bits per heavy atom. The number of carboxylic acid groups (broad SMARTS) is 1. The molecule has 1 rings (SSSR count). The number of nitrogens with one attached hydrogen (secondary N) is 2. The molecule has 0 saturated carbocycles. The first-order valence-corrected chi connectivity index (χ1v) is 5.78. The molecule has 0 heterocycles. The lowest BCUT2D eigenvalue weighted by molar-refractivity contribution is -0.119. The van der Waals surface area contributed by atoms with E-state index in [1.54, 1.807) is 19.1 Å². The molecule has 6 heteroatoms. The zero-order valence-corrected chi connectivity index (χ0v) is 10.8. The largest absolute Gasteiger partial charge is 0.478 e. The molecule has 0 atom stereocenters. The van der Waals surface area contributed by atoms with Crippen LogP contribution in [0.3, 0.4) is 0 Å². The average Bonchev–Trinajstić information content (AvgIpc) is 2.30. The van der Waals surface area contributed by atoms with Crippen LogP contribution >= 0.6 is 0 Å². The molecule has 0 saturated heterocycles. The van der Waals surface area contributed by atoms with Gasteiger partial charge in [-0.05, 0) is 19.1 Å². The monoisotopic (exact) mass is 264 g/mol. The van der Waals surface area contributed by atoms with Crippen molar-refractivity contribution in [2.24, 2.45) is 0 Å². The number of aromatic carboxylic acids is 1. The molecular weight excluding hydrogens is 248 g/mol. The summed E-state index contributed by atoms with van der Waals surface area (Å²) in [6, 6.07) is 4.76. The predicted molar refractivity (Wildman–Crippen MR) is 70.1 cm³/mol. The van der Waals surface area contributed by atoms with Crippen molar-refractivity contribution in [3.63, 3.8) is 0 Å². The van der Waals surface area contributed by atoms with Gasteiger partial charge in [-0.2, -0.15) is 0 Å². The molecule has 0 radical (unpaired) electrons. The SMILES string of the molecule is CC(=O)NCCC(=O)Nc1ccc(C)cc1C(=O)O. The first-order chi connectivity index (χ1) is 8.90. The molecule has 102 valence electrons. The van der Waals surface area contributed by atoms with Crippen molar-refractivity contribution in [2.45, 2.75) is 20.3 Å². The van der Waals surface area contributed by atoms with Crippen LogP contribution in [0, 0.1) is 6.92 Å². The van der Waals surface area contributed by atoms with Gasteiger partial charge in [-0.15, -0.1) is 0 Å². The Morgan fingerprint density at radius 1 is 1.26 bits per heavy atom. The van der Waals surface area contributed by atoms with Crippen molar-refractivity contribution in [1.82, 2.24) is 5.32 Å². The normalized spacial score (nSPS) is 9.79. The minimum atomic E-state index is -1.10. The molecule has 0 aliphatic heterocycles. The minimum Gasteiger partial charge on any atom is -0.478 e. The number of benzene rings is 1. The van der Waals surface area contributed by atoms with E-state index in [0.29, 0.717) is 0 Å². The molecule has 0 spiro atoms. The number of aryl methyl sites for hydroxylation is 1. The van der Waals surface area contributed by atoms with Crippen LogP contribution in [0.25, 0.3) is 0 Å². The Morgan fingerprint density at radius 3 is 2.53 bits per heavy atom. The third-order valence-corrected chi connectivity index (χ3v) is 2.41. The Labute approximate surface area is 110 Å². The topological polar surface area (TPSA) is 95.5 Å². The summed E-state index contributed by atoms with van der Waals surface area (Å²) in [6.45, 7) is 3.35. The number of carbonyl (C=O) groups is 3. The highest BCUT2D eigenvalue weighted by Crippen LogP contribution is 2.17. The molecule has 0 aromatic heterocycles. The fraction of sp³-hybridized carbons (Fsp3) is 0.308. The van der Waals surface area contributed by atoms with Crippen molar-refractivity contribution < 1.29 is 19.5 Å². The molecule has 1 aromatic carbocycles. The Bertz CT molecular complexity index is 511. The standard InChI is InChI=1S/C13H16N2O4/c1-8-3-4-11(10(7-8)13(18)19)15-12(17)5-6-14-9(2)16/h3-4,7H,5-6H2,1-2H3,(H,14,16)(H,15,17)(H,18,19). The predicted octanol–water partition coefficient (Wildman–Crippen LogP) is 1.16. The Balaban J connectivity index is 2.68. The van der Waals surface area contributed by atoms with E-state index in [2.05, 4.69) is 10.6 Å². The van der Waals surface area contributed by atoms with Gasteiger partial charge in [0.25, 0.3) is 0 Å². The van der Waals surface area contributed by atoms with Crippen LogP contribution in [0.15, 0.2) is 18.2 Å². The summed E-state index contributed by atoms with van der Waals surface area (Å²) in [6.07, 6.45) is 0.0898. The second-order valence-corrected chi connectivity index (χ2v) is 4.14. The van der Waals surface area contributed by atoms with E-state index >= 15 is 0 Å². The maximum Gasteiger partial charge on any atom is 0.337 e. The van der Waals surface area contributed by atoms with Crippen LogP contribution in [-0.4, -0.2) is 29.4 Å². The van der Waals surface area contributed by atoms with Crippen LogP contribution in [-0.2, 0) is 9.59 Å².